The number of rotatable bonds is 19. The van der Waals surface area contributed by atoms with E-state index in [1.807, 2.05) is 0 Å². The van der Waals surface area contributed by atoms with E-state index in [1.165, 1.54) is 0 Å². The van der Waals surface area contributed by atoms with Gasteiger partial charge in [-0.2, -0.15) is 0 Å². The van der Waals surface area contributed by atoms with Crippen LogP contribution in [0.4, 0.5) is 0 Å². The number of hydrogen-bond donors (Lipinski definition) is 20. The molecule has 0 aromatic heterocycles. The normalized spacial score (nSPS) is 48.2. The largest absolute Gasteiger partial charge is 0.394 e. The molecular formula is C42H71N3O31. The Bertz CT molecular complexity index is 1870. The lowest BCUT2D eigenvalue weighted by molar-refractivity contribution is -0.389. The number of nitrogens with one attached hydrogen (secondary N) is 3. The quantitative estimate of drug-likeness (QED) is 0.0571. The van der Waals surface area contributed by atoms with E-state index in [0.29, 0.717) is 0 Å². The molecule has 440 valence electrons. The number of aliphatic hydroxyl groups excluding tert-OH is 17. The van der Waals surface area contributed by atoms with Crippen LogP contribution in [0.5, 0.6) is 0 Å². The molecule has 6 saturated heterocycles. The van der Waals surface area contributed by atoms with Crippen molar-refractivity contribution in [3.8, 4) is 0 Å². The molecule has 0 bridgehead atoms. The van der Waals surface area contributed by atoms with Gasteiger partial charge in [0.1, 0.15) is 146 Å². The van der Waals surface area contributed by atoms with Gasteiger partial charge in [0, 0.05) is 20.8 Å². The molecule has 3 amide bonds. The lowest BCUT2D eigenvalue weighted by Crippen LogP contribution is -2.70. The first kappa shape index (κ1) is 62.5. The van der Waals surface area contributed by atoms with E-state index in [2.05, 4.69) is 16.0 Å². The Kier molecular flexibility index (Phi) is 22.3. The highest BCUT2D eigenvalue weighted by Crippen LogP contribution is 2.36. The summed E-state index contributed by atoms with van der Waals surface area (Å²) in [6.45, 7) is -2.54. The topological polar surface area (TPSA) is 533 Å². The zero-order chi connectivity index (χ0) is 56.2. The zero-order valence-electron chi connectivity index (χ0n) is 40.9. The van der Waals surface area contributed by atoms with Crippen LogP contribution in [0.2, 0.25) is 0 Å². The maximum absolute atomic E-state index is 12.6. The molecule has 2 unspecified atom stereocenters. The van der Waals surface area contributed by atoms with Gasteiger partial charge in [0.15, 0.2) is 37.7 Å². The lowest BCUT2D eigenvalue weighted by Gasteiger charge is -2.50. The van der Waals surface area contributed by atoms with E-state index in [-0.39, 0.29) is 0 Å². The van der Waals surface area contributed by atoms with Crippen molar-refractivity contribution in [1.82, 2.24) is 16.0 Å². The first-order chi connectivity index (χ1) is 35.9. The minimum absolute atomic E-state index is 0.719. The number of ether oxygens (including phenoxy) is 11. The van der Waals surface area contributed by atoms with Gasteiger partial charge in [-0.15, -0.1) is 0 Å². The van der Waals surface area contributed by atoms with Crippen LogP contribution in [-0.4, -0.2) is 328 Å². The summed E-state index contributed by atoms with van der Waals surface area (Å²) >= 11 is 0. The van der Waals surface area contributed by atoms with Crippen LogP contribution in [0.1, 0.15) is 20.8 Å². The van der Waals surface area contributed by atoms with Crippen molar-refractivity contribution in [2.45, 2.75) is 205 Å². The van der Waals surface area contributed by atoms with Gasteiger partial charge in [-0.3, -0.25) is 14.4 Å². The van der Waals surface area contributed by atoms with E-state index in [0.717, 1.165) is 20.8 Å². The van der Waals surface area contributed by atoms with E-state index in [9.17, 15) is 101 Å². The van der Waals surface area contributed by atoms with E-state index >= 15 is 0 Å². The fourth-order valence-corrected chi connectivity index (χ4v) is 9.63. The Labute approximate surface area is 431 Å². The van der Waals surface area contributed by atoms with Gasteiger partial charge in [0.25, 0.3) is 0 Å². The van der Waals surface area contributed by atoms with Crippen molar-refractivity contribution >= 4 is 17.7 Å². The molecule has 6 aliphatic rings. The first-order valence-corrected chi connectivity index (χ1v) is 24.1. The summed E-state index contributed by atoms with van der Waals surface area (Å²) in [6.07, 6.45) is -51.3. The molecule has 0 spiro atoms. The molecule has 34 heteroatoms. The molecule has 0 aromatic carbocycles. The summed E-state index contributed by atoms with van der Waals surface area (Å²) in [5, 5.41) is 190. The second-order valence-electron chi connectivity index (χ2n) is 19.0. The highest BCUT2D eigenvalue weighted by molar-refractivity contribution is 5.74. The highest BCUT2D eigenvalue weighted by atomic mass is 16.8. The van der Waals surface area contributed by atoms with Gasteiger partial charge in [0.05, 0.1) is 39.6 Å². The maximum Gasteiger partial charge on any atom is 0.217 e. The predicted octanol–water partition coefficient (Wildman–Crippen LogP) is -13.7. The number of amides is 3. The molecule has 76 heavy (non-hydrogen) atoms. The van der Waals surface area contributed by atoms with Crippen LogP contribution in [0.3, 0.4) is 0 Å². The Balaban J connectivity index is 1.27. The summed E-state index contributed by atoms with van der Waals surface area (Å²) in [6, 6.07) is -4.86. The standard InChI is InChI=1S/C42H71N3O31/c1-10(51)43-19-26(58)33(15(6-48)67-37(19)65)73-39-21(45-12(3)53)27(59)34(16(7-49)70-39)75-42-32(64)36(24(56)18(72-42)9-66-40-30(62)28(60)23(55)14(5-47)69-40)76-41-31(63)29(61)35(17(8-50)71-41)74-38-20(44-11(2)52)25(57)22(54)13(4-46)68-38/h13-42,46-50,54-65H,4-9H2,1-3H3,(H,43,51)(H,44,52)(H,45,53)/t13-,14-,15-,16-,17-,18-,19-,20-,21-,22-,23-,24-,25-,26-,27-,28+,29-,30+,31+,32+,33-,34-,35-,36+,37?,38?,39+,40+,41-,42+/m1/s1. The Morgan fingerprint density at radius 3 is 1.21 bits per heavy atom. The lowest BCUT2D eigenvalue weighted by atomic mass is 9.94. The summed E-state index contributed by atoms with van der Waals surface area (Å²) < 4.78 is 63.1. The third-order valence-corrected chi connectivity index (χ3v) is 13.6. The summed E-state index contributed by atoms with van der Waals surface area (Å²) in [5.41, 5.74) is 0. The highest BCUT2D eigenvalue weighted by Gasteiger charge is 2.58. The van der Waals surface area contributed by atoms with Crippen molar-refractivity contribution < 1.29 is 153 Å². The smallest absolute Gasteiger partial charge is 0.217 e. The Morgan fingerprint density at radius 1 is 0.342 bits per heavy atom. The molecule has 20 N–H and O–H groups in total. The summed E-state index contributed by atoms with van der Waals surface area (Å²) in [7, 11) is 0. The number of carbonyl (C=O) groups is 3. The summed E-state index contributed by atoms with van der Waals surface area (Å²) in [4.78, 5) is 36.5. The predicted molar refractivity (Wildman–Crippen MR) is 234 cm³/mol. The number of aliphatic hydroxyl groups is 17. The SMILES string of the molecule is CC(=O)N[C@H]1[C@H](O[C@H]2[C@H](O)[C@@H](NC(C)=O)C(O)O[C@@H]2CO)O[C@H](CO)[C@@H](O[C@@H]2O[C@H](CO[C@H]3O[C@H](CO)[C@@H](O)[C@H](O)[C@@H]3O)[C@@H](O)[C@H](O[C@H]3O[C@H](CO)[C@@H](OC4O[C@H](CO)[C@@H](O)[C@H](O)[C@H]4NC(C)=O)[C@H](O)[C@@H]3O)[C@@H]2O)[C@@H]1O. The number of hydrogen-bond acceptors (Lipinski definition) is 31. The second-order valence-corrected chi connectivity index (χ2v) is 19.0. The maximum atomic E-state index is 12.6. The van der Waals surface area contributed by atoms with Gasteiger partial charge in [-0.05, 0) is 0 Å². The van der Waals surface area contributed by atoms with Crippen molar-refractivity contribution in [2.75, 3.05) is 39.6 Å². The Hall–Kier alpha value is -2.71. The molecule has 0 radical (unpaired) electrons. The van der Waals surface area contributed by atoms with Crippen LogP contribution in [0.15, 0.2) is 0 Å². The fourth-order valence-electron chi connectivity index (χ4n) is 9.63. The van der Waals surface area contributed by atoms with E-state index in [1.54, 1.807) is 0 Å². The molecule has 0 aromatic rings. The van der Waals surface area contributed by atoms with Gasteiger partial charge in [-0.25, -0.2) is 0 Å². The van der Waals surface area contributed by atoms with Gasteiger partial charge < -0.3 is 155 Å². The molecule has 0 saturated carbocycles. The molecule has 30 atom stereocenters. The average molecular weight is 1110 g/mol. The van der Waals surface area contributed by atoms with Crippen molar-refractivity contribution in [2.24, 2.45) is 0 Å². The monoisotopic (exact) mass is 1110 g/mol. The van der Waals surface area contributed by atoms with Gasteiger partial charge in [0.2, 0.25) is 17.7 Å². The number of carbonyl (C=O) groups excluding carboxylic acids is 3. The van der Waals surface area contributed by atoms with Crippen molar-refractivity contribution in [1.29, 1.82) is 0 Å². The second kappa shape index (κ2) is 27.2. The van der Waals surface area contributed by atoms with Crippen LogP contribution in [-0.2, 0) is 66.5 Å². The van der Waals surface area contributed by atoms with E-state index < -0.39 is 241 Å². The minimum atomic E-state index is -2.30. The summed E-state index contributed by atoms with van der Waals surface area (Å²) in [5.74, 6) is -2.30. The van der Waals surface area contributed by atoms with Crippen LogP contribution in [0.25, 0.3) is 0 Å². The van der Waals surface area contributed by atoms with Crippen LogP contribution in [0, 0.1) is 0 Å². The van der Waals surface area contributed by atoms with Gasteiger partial charge in [-0.1, -0.05) is 0 Å². The zero-order valence-corrected chi connectivity index (χ0v) is 40.9. The van der Waals surface area contributed by atoms with Crippen molar-refractivity contribution in [3.05, 3.63) is 0 Å². The molecule has 6 aliphatic heterocycles. The molecule has 34 nitrogen and oxygen atoms in total. The minimum Gasteiger partial charge on any atom is -0.394 e. The van der Waals surface area contributed by atoms with Crippen LogP contribution >= 0.6 is 0 Å². The fraction of sp³-hybridized carbons (Fsp3) is 0.929. The molecule has 6 rings (SSSR count). The van der Waals surface area contributed by atoms with Crippen molar-refractivity contribution in [3.63, 3.8) is 0 Å². The third kappa shape index (κ3) is 13.7. The third-order valence-electron chi connectivity index (χ3n) is 13.6. The molecule has 6 heterocycles. The molecular weight excluding hydrogens is 1040 g/mol. The average Bonchev–Trinajstić information content (AvgIpc) is 3.37. The first-order valence-electron chi connectivity index (χ1n) is 24.1. The van der Waals surface area contributed by atoms with Gasteiger partial charge >= 0.3 is 0 Å². The van der Waals surface area contributed by atoms with E-state index in [4.69, 9.17) is 52.1 Å². The molecule has 6 fully saturated rings. The Morgan fingerprint density at radius 2 is 0.697 bits per heavy atom. The molecule has 0 aliphatic carbocycles. The van der Waals surface area contributed by atoms with Crippen LogP contribution < -0.4 is 16.0 Å².